The number of rotatable bonds is 2. The van der Waals surface area contributed by atoms with Crippen molar-refractivity contribution in [3.63, 3.8) is 0 Å². The van der Waals surface area contributed by atoms with Crippen molar-refractivity contribution in [2.75, 3.05) is 31.1 Å². The number of amides is 1. The molecular weight excluding hydrogens is 321 g/mol. The van der Waals surface area contributed by atoms with Gasteiger partial charge < -0.3 is 9.80 Å². The standard InChI is InChI=1S/C16H15F3N4O/c17-16(18,19)15(24)23-10-8-22(9-11-23)14-7-6-13(20-21-14)12-4-2-1-3-5-12/h1-7H,8-11H2. The quantitative estimate of drug-likeness (QED) is 0.845. The average molecular weight is 336 g/mol. The highest BCUT2D eigenvalue weighted by molar-refractivity contribution is 5.82. The maximum Gasteiger partial charge on any atom is 0.471 e. The van der Waals surface area contributed by atoms with Crippen molar-refractivity contribution in [3.8, 4) is 11.3 Å². The van der Waals surface area contributed by atoms with Crippen LogP contribution >= 0.6 is 0 Å². The summed E-state index contributed by atoms with van der Waals surface area (Å²) < 4.78 is 37.3. The van der Waals surface area contributed by atoms with E-state index in [2.05, 4.69) is 10.2 Å². The second kappa shape index (κ2) is 6.46. The van der Waals surface area contributed by atoms with Crippen LogP contribution in [0.3, 0.4) is 0 Å². The fourth-order valence-electron chi connectivity index (χ4n) is 2.57. The van der Waals surface area contributed by atoms with E-state index in [-0.39, 0.29) is 13.1 Å². The van der Waals surface area contributed by atoms with Crippen molar-refractivity contribution in [1.82, 2.24) is 15.1 Å². The Balaban J connectivity index is 1.64. The fraction of sp³-hybridized carbons (Fsp3) is 0.312. The van der Waals surface area contributed by atoms with Gasteiger partial charge in [0, 0.05) is 31.7 Å². The molecule has 24 heavy (non-hydrogen) atoms. The van der Waals surface area contributed by atoms with E-state index in [1.807, 2.05) is 41.3 Å². The second-order valence-corrected chi connectivity index (χ2v) is 5.42. The Morgan fingerprint density at radius 3 is 2.12 bits per heavy atom. The van der Waals surface area contributed by atoms with E-state index < -0.39 is 12.1 Å². The zero-order valence-corrected chi connectivity index (χ0v) is 12.7. The molecule has 1 fully saturated rings. The minimum atomic E-state index is -4.82. The van der Waals surface area contributed by atoms with E-state index in [0.29, 0.717) is 18.9 Å². The van der Waals surface area contributed by atoms with E-state index >= 15 is 0 Å². The molecule has 3 rings (SSSR count). The Hall–Kier alpha value is -2.64. The highest BCUT2D eigenvalue weighted by atomic mass is 19.4. The zero-order valence-electron chi connectivity index (χ0n) is 12.7. The van der Waals surface area contributed by atoms with Crippen molar-refractivity contribution in [1.29, 1.82) is 0 Å². The molecule has 0 N–H and O–H groups in total. The molecule has 1 saturated heterocycles. The summed E-state index contributed by atoms with van der Waals surface area (Å²) >= 11 is 0. The third kappa shape index (κ3) is 3.47. The second-order valence-electron chi connectivity index (χ2n) is 5.42. The summed E-state index contributed by atoms with van der Waals surface area (Å²) in [5, 5.41) is 8.31. The molecule has 0 bridgehead atoms. The highest BCUT2D eigenvalue weighted by Gasteiger charge is 2.43. The van der Waals surface area contributed by atoms with Crippen LogP contribution in [0.2, 0.25) is 0 Å². The van der Waals surface area contributed by atoms with Crippen LogP contribution in [-0.2, 0) is 4.79 Å². The number of piperazine rings is 1. The lowest BCUT2D eigenvalue weighted by atomic mass is 10.1. The monoisotopic (exact) mass is 336 g/mol. The van der Waals surface area contributed by atoms with E-state index in [1.165, 1.54) is 0 Å². The Morgan fingerprint density at radius 1 is 0.917 bits per heavy atom. The molecule has 1 aliphatic rings. The molecule has 1 aromatic carbocycles. The van der Waals surface area contributed by atoms with Gasteiger partial charge in [-0.1, -0.05) is 30.3 Å². The van der Waals surface area contributed by atoms with Crippen LogP contribution in [0.1, 0.15) is 0 Å². The SMILES string of the molecule is O=C(N1CCN(c2ccc(-c3ccccc3)nn2)CC1)C(F)(F)F. The Bertz CT molecular complexity index is 696. The van der Waals surface area contributed by atoms with E-state index in [0.717, 1.165) is 16.2 Å². The van der Waals surface area contributed by atoms with Gasteiger partial charge in [-0.05, 0) is 12.1 Å². The fourth-order valence-corrected chi connectivity index (χ4v) is 2.57. The molecule has 2 heterocycles. The summed E-state index contributed by atoms with van der Waals surface area (Å²) in [6.07, 6.45) is -4.82. The van der Waals surface area contributed by atoms with Crippen LogP contribution in [0.5, 0.6) is 0 Å². The maximum atomic E-state index is 12.4. The third-order valence-corrected chi connectivity index (χ3v) is 3.85. The molecule has 0 unspecified atom stereocenters. The van der Waals surface area contributed by atoms with Crippen molar-refractivity contribution in [2.45, 2.75) is 6.18 Å². The summed E-state index contributed by atoms with van der Waals surface area (Å²) in [6, 6.07) is 13.2. The number of hydrogen-bond donors (Lipinski definition) is 0. The number of alkyl halides is 3. The van der Waals surface area contributed by atoms with Gasteiger partial charge in [0.05, 0.1) is 5.69 Å². The van der Waals surface area contributed by atoms with Gasteiger partial charge in [0.2, 0.25) is 0 Å². The predicted molar refractivity (Wildman–Crippen MR) is 82.3 cm³/mol. The predicted octanol–water partition coefficient (Wildman–Crippen LogP) is 2.35. The minimum Gasteiger partial charge on any atom is -0.352 e. The molecule has 0 saturated carbocycles. The van der Waals surface area contributed by atoms with Gasteiger partial charge in [-0.15, -0.1) is 10.2 Å². The number of halogens is 3. The molecule has 1 amide bonds. The van der Waals surface area contributed by atoms with Gasteiger partial charge in [0.25, 0.3) is 0 Å². The topological polar surface area (TPSA) is 49.3 Å². The summed E-state index contributed by atoms with van der Waals surface area (Å²) in [6.45, 7) is 0.614. The van der Waals surface area contributed by atoms with Crippen molar-refractivity contribution >= 4 is 11.7 Å². The smallest absolute Gasteiger partial charge is 0.352 e. The zero-order chi connectivity index (χ0) is 17.2. The molecule has 0 aliphatic carbocycles. The number of carbonyl (C=O) groups excluding carboxylic acids is 1. The van der Waals surface area contributed by atoms with E-state index in [4.69, 9.17) is 0 Å². The van der Waals surface area contributed by atoms with Crippen molar-refractivity contribution in [2.24, 2.45) is 0 Å². The molecule has 8 heteroatoms. The molecular formula is C16H15F3N4O. The highest BCUT2D eigenvalue weighted by Crippen LogP contribution is 2.22. The average Bonchev–Trinajstić information content (AvgIpc) is 2.61. The van der Waals surface area contributed by atoms with Crippen LogP contribution in [0.4, 0.5) is 19.0 Å². The van der Waals surface area contributed by atoms with Crippen molar-refractivity contribution in [3.05, 3.63) is 42.5 Å². The normalized spacial score (nSPS) is 15.5. The molecule has 0 spiro atoms. The van der Waals surface area contributed by atoms with Gasteiger partial charge >= 0.3 is 12.1 Å². The first kappa shape index (κ1) is 16.2. The lowest BCUT2D eigenvalue weighted by Crippen LogP contribution is -2.52. The number of nitrogens with zero attached hydrogens (tertiary/aromatic N) is 4. The number of anilines is 1. The lowest BCUT2D eigenvalue weighted by molar-refractivity contribution is -0.185. The maximum absolute atomic E-state index is 12.4. The number of benzene rings is 1. The molecule has 1 aromatic heterocycles. The first-order chi connectivity index (χ1) is 11.4. The summed E-state index contributed by atoms with van der Waals surface area (Å²) in [5.41, 5.74) is 1.67. The first-order valence-electron chi connectivity index (χ1n) is 7.45. The van der Waals surface area contributed by atoms with Gasteiger partial charge in [-0.3, -0.25) is 4.79 Å². The van der Waals surface area contributed by atoms with Crippen LogP contribution in [0.25, 0.3) is 11.3 Å². The molecule has 0 atom stereocenters. The first-order valence-corrected chi connectivity index (χ1v) is 7.45. The lowest BCUT2D eigenvalue weighted by Gasteiger charge is -2.35. The van der Waals surface area contributed by atoms with Gasteiger partial charge in [-0.25, -0.2) is 0 Å². The van der Waals surface area contributed by atoms with Crippen LogP contribution < -0.4 is 4.90 Å². The van der Waals surface area contributed by atoms with Gasteiger partial charge in [-0.2, -0.15) is 13.2 Å². The molecule has 2 aromatic rings. The third-order valence-electron chi connectivity index (χ3n) is 3.85. The van der Waals surface area contributed by atoms with Crippen molar-refractivity contribution < 1.29 is 18.0 Å². The minimum absolute atomic E-state index is 0.0143. The molecule has 1 aliphatic heterocycles. The van der Waals surface area contributed by atoms with Crippen LogP contribution in [0, 0.1) is 0 Å². The molecule has 126 valence electrons. The van der Waals surface area contributed by atoms with E-state index in [9.17, 15) is 18.0 Å². The Labute approximate surface area is 136 Å². The van der Waals surface area contributed by atoms with Crippen LogP contribution in [0.15, 0.2) is 42.5 Å². The summed E-state index contributed by atoms with van der Waals surface area (Å²) in [5.74, 6) is -1.19. The summed E-state index contributed by atoms with van der Waals surface area (Å²) in [4.78, 5) is 13.9. The Kier molecular flexibility index (Phi) is 4.37. The largest absolute Gasteiger partial charge is 0.471 e. The number of hydrogen-bond acceptors (Lipinski definition) is 4. The molecule has 5 nitrogen and oxygen atoms in total. The number of carbonyl (C=O) groups is 1. The number of aromatic nitrogens is 2. The van der Waals surface area contributed by atoms with E-state index in [1.54, 1.807) is 6.07 Å². The summed E-state index contributed by atoms with van der Waals surface area (Å²) in [7, 11) is 0. The van der Waals surface area contributed by atoms with Gasteiger partial charge in [0.1, 0.15) is 0 Å². The van der Waals surface area contributed by atoms with Gasteiger partial charge in [0.15, 0.2) is 5.82 Å². The molecule has 0 radical (unpaired) electrons. The Morgan fingerprint density at radius 2 is 1.58 bits per heavy atom. The van der Waals surface area contributed by atoms with Crippen LogP contribution in [-0.4, -0.2) is 53.4 Å².